The molecular formula is C14H16IN3O. The third kappa shape index (κ3) is 3.91. The maximum Gasteiger partial charge on any atom is 0.252 e. The predicted octanol–water partition coefficient (Wildman–Crippen LogP) is 2.01. The maximum atomic E-state index is 12.2. The fraction of sp³-hybridized carbons (Fsp3) is 0.429. The van der Waals surface area contributed by atoms with Crippen molar-refractivity contribution in [3.63, 3.8) is 0 Å². The van der Waals surface area contributed by atoms with Gasteiger partial charge in [-0.2, -0.15) is 5.26 Å². The molecule has 19 heavy (non-hydrogen) atoms. The summed E-state index contributed by atoms with van der Waals surface area (Å²) in [6.45, 7) is 2.24. The van der Waals surface area contributed by atoms with E-state index in [-0.39, 0.29) is 11.9 Å². The molecule has 2 rings (SSSR count). The van der Waals surface area contributed by atoms with Gasteiger partial charge in [0.05, 0.1) is 18.2 Å². The minimum absolute atomic E-state index is 0.00346. The summed E-state index contributed by atoms with van der Waals surface area (Å²) in [5.74, 6) is 0.00346. The summed E-state index contributed by atoms with van der Waals surface area (Å²) in [6, 6.07) is 9.98. The van der Waals surface area contributed by atoms with Crippen molar-refractivity contribution in [1.82, 2.24) is 10.2 Å². The van der Waals surface area contributed by atoms with Crippen LogP contribution in [0.2, 0.25) is 0 Å². The van der Waals surface area contributed by atoms with E-state index in [2.05, 4.69) is 38.9 Å². The van der Waals surface area contributed by atoms with Crippen molar-refractivity contribution in [2.45, 2.75) is 18.9 Å². The number of piperidine rings is 1. The Morgan fingerprint density at radius 1 is 1.42 bits per heavy atom. The highest BCUT2D eigenvalue weighted by atomic mass is 127. The van der Waals surface area contributed by atoms with E-state index >= 15 is 0 Å². The zero-order valence-corrected chi connectivity index (χ0v) is 12.8. The monoisotopic (exact) mass is 369 g/mol. The van der Waals surface area contributed by atoms with Gasteiger partial charge in [-0.1, -0.05) is 12.1 Å². The van der Waals surface area contributed by atoms with Crippen LogP contribution in [0.15, 0.2) is 24.3 Å². The molecule has 5 heteroatoms. The Morgan fingerprint density at radius 3 is 2.74 bits per heavy atom. The lowest BCUT2D eigenvalue weighted by atomic mass is 10.0. The molecule has 0 radical (unpaired) electrons. The van der Waals surface area contributed by atoms with Gasteiger partial charge in [-0.25, -0.2) is 0 Å². The molecule has 1 fully saturated rings. The molecule has 100 valence electrons. The molecule has 1 N–H and O–H groups in total. The van der Waals surface area contributed by atoms with Gasteiger partial charge in [-0.15, -0.1) is 0 Å². The van der Waals surface area contributed by atoms with Crippen molar-refractivity contribution >= 4 is 28.5 Å². The number of hydrogen-bond acceptors (Lipinski definition) is 3. The first-order valence-electron chi connectivity index (χ1n) is 6.35. The van der Waals surface area contributed by atoms with Crippen LogP contribution in [0.5, 0.6) is 0 Å². The van der Waals surface area contributed by atoms with E-state index in [0.29, 0.717) is 6.54 Å². The van der Waals surface area contributed by atoms with E-state index in [1.807, 2.05) is 24.3 Å². The molecule has 1 heterocycles. The van der Waals surface area contributed by atoms with E-state index in [1.54, 1.807) is 0 Å². The van der Waals surface area contributed by atoms with Gasteiger partial charge in [-0.05, 0) is 47.6 Å². The molecule has 1 aromatic rings. The third-order valence-electron chi connectivity index (χ3n) is 3.34. The van der Waals surface area contributed by atoms with Gasteiger partial charge < -0.3 is 5.32 Å². The van der Waals surface area contributed by atoms with E-state index in [0.717, 1.165) is 35.1 Å². The Hall–Kier alpha value is -1.13. The number of benzene rings is 1. The van der Waals surface area contributed by atoms with Gasteiger partial charge in [0.15, 0.2) is 0 Å². The number of rotatable bonds is 3. The van der Waals surface area contributed by atoms with Crippen LogP contribution in [-0.4, -0.2) is 36.5 Å². The van der Waals surface area contributed by atoms with Crippen LogP contribution in [0.3, 0.4) is 0 Å². The van der Waals surface area contributed by atoms with Crippen molar-refractivity contribution in [2.24, 2.45) is 0 Å². The quantitative estimate of drug-likeness (QED) is 0.655. The van der Waals surface area contributed by atoms with E-state index in [9.17, 15) is 4.79 Å². The second-order valence-corrected chi connectivity index (χ2v) is 5.82. The lowest BCUT2D eigenvalue weighted by molar-refractivity contribution is 0.0913. The standard InChI is InChI=1S/C14H16IN3O/c15-13-4-2-1-3-12(13)14(19)17-11-5-8-18(9-6-11)10-7-16/h1-4,11H,5-6,8-10H2,(H,17,19). The molecule has 0 atom stereocenters. The van der Waals surface area contributed by atoms with E-state index in [4.69, 9.17) is 5.26 Å². The highest BCUT2D eigenvalue weighted by Gasteiger charge is 2.21. The number of nitrogens with one attached hydrogen (secondary N) is 1. The van der Waals surface area contributed by atoms with Crippen molar-refractivity contribution in [3.05, 3.63) is 33.4 Å². The zero-order valence-electron chi connectivity index (χ0n) is 10.6. The Balaban J connectivity index is 1.88. The first kappa shape index (κ1) is 14.3. The maximum absolute atomic E-state index is 12.2. The lowest BCUT2D eigenvalue weighted by Gasteiger charge is -2.30. The lowest BCUT2D eigenvalue weighted by Crippen LogP contribution is -2.44. The Kier molecular flexibility index (Phi) is 5.16. The first-order chi connectivity index (χ1) is 9.20. The zero-order chi connectivity index (χ0) is 13.7. The minimum Gasteiger partial charge on any atom is -0.349 e. The molecule has 4 nitrogen and oxygen atoms in total. The highest BCUT2D eigenvalue weighted by Crippen LogP contribution is 2.14. The number of nitrogens with zero attached hydrogens (tertiary/aromatic N) is 2. The first-order valence-corrected chi connectivity index (χ1v) is 7.43. The summed E-state index contributed by atoms with van der Waals surface area (Å²) >= 11 is 2.18. The van der Waals surface area contributed by atoms with Crippen molar-refractivity contribution in [1.29, 1.82) is 5.26 Å². The van der Waals surface area contributed by atoms with Crippen molar-refractivity contribution in [3.8, 4) is 6.07 Å². The normalized spacial score (nSPS) is 16.8. The van der Waals surface area contributed by atoms with Crippen LogP contribution >= 0.6 is 22.6 Å². The summed E-state index contributed by atoms with van der Waals surface area (Å²) in [5, 5.41) is 11.7. The third-order valence-corrected chi connectivity index (χ3v) is 4.28. The van der Waals surface area contributed by atoms with Gasteiger partial charge in [-0.3, -0.25) is 9.69 Å². The molecule has 0 unspecified atom stereocenters. The Bertz CT molecular complexity index is 490. The highest BCUT2D eigenvalue weighted by molar-refractivity contribution is 14.1. The summed E-state index contributed by atoms with van der Waals surface area (Å²) in [4.78, 5) is 14.3. The average molecular weight is 369 g/mol. The number of nitriles is 1. The molecular weight excluding hydrogens is 353 g/mol. The van der Waals surface area contributed by atoms with Crippen LogP contribution in [0, 0.1) is 14.9 Å². The second-order valence-electron chi connectivity index (χ2n) is 4.66. The van der Waals surface area contributed by atoms with Gasteiger partial charge in [0.1, 0.15) is 0 Å². The fourth-order valence-electron chi connectivity index (χ4n) is 2.24. The summed E-state index contributed by atoms with van der Waals surface area (Å²) < 4.78 is 0.972. The molecule has 1 aliphatic rings. The SMILES string of the molecule is N#CCN1CCC(NC(=O)c2ccccc2I)CC1. The molecule has 1 amide bonds. The van der Waals surface area contributed by atoms with Crippen LogP contribution in [-0.2, 0) is 0 Å². The molecule has 0 aromatic heterocycles. The number of amides is 1. The van der Waals surface area contributed by atoms with Crippen molar-refractivity contribution in [2.75, 3.05) is 19.6 Å². The number of likely N-dealkylation sites (tertiary alicyclic amines) is 1. The van der Waals surface area contributed by atoms with Crippen LogP contribution in [0.4, 0.5) is 0 Å². The molecule has 0 saturated carbocycles. The predicted molar refractivity (Wildman–Crippen MR) is 81.7 cm³/mol. The smallest absolute Gasteiger partial charge is 0.252 e. The fourth-order valence-corrected chi connectivity index (χ4v) is 2.88. The average Bonchev–Trinajstić information content (AvgIpc) is 2.42. The van der Waals surface area contributed by atoms with Crippen LogP contribution in [0.25, 0.3) is 0 Å². The molecule has 1 aliphatic heterocycles. The van der Waals surface area contributed by atoms with Crippen LogP contribution < -0.4 is 5.32 Å². The Morgan fingerprint density at radius 2 is 2.11 bits per heavy atom. The number of halogens is 1. The van der Waals surface area contributed by atoms with Gasteiger partial charge in [0, 0.05) is 22.7 Å². The summed E-state index contributed by atoms with van der Waals surface area (Å²) in [6.07, 6.45) is 1.83. The largest absolute Gasteiger partial charge is 0.349 e. The molecule has 0 aliphatic carbocycles. The van der Waals surface area contributed by atoms with E-state index in [1.165, 1.54) is 0 Å². The molecule has 1 saturated heterocycles. The summed E-state index contributed by atoms with van der Waals surface area (Å²) in [5.41, 5.74) is 0.738. The summed E-state index contributed by atoms with van der Waals surface area (Å²) in [7, 11) is 0. The Labute approximate surface area is 126 Å². The molecule has 0 bridgehead atoms. The van der Waals surface area contributed by atoms with Crippen LogP contribution in [0.1, 0.15) is 23.2 Å². The van der Waals surface area contributed by atoms with Gasteiger partial charge in [0.25, 0.3) is 5.91 Å². The van der Waals surface area contributed by atoms with Gasteiger partial charge in [0.2, 0.25) is 0 Å². The minimum atomic E-state index is 0.00346. The second kappa shape index (κ2) is 6.87. The molecule has 1 aromatic carbocycles. The van der Waals surface area contributed by atoms with Crippen molar-refractivity contribution < 1.29 is 4.79 Å². The molecule has 0 spiro atoms. The topological polar surface area (TPSA) is 56.1 Å². The van der Waals surface area contributed by atoms with Gasteiger partial charge >= 0.3 is 0 Å². The number of carbonyl (C=O) groups excluding carboxylic acids is 1. The number of carbonyl (C=O) groups is 1. The van der Waals surface area contributed by atoms with E-state index < -0.39 is 0 Å². The number of hydrogen-bond donors (Lipinski definition) is 1.